The highest BCUT2D eigenvalue weighted by atomic mass is 14.6. The predicted molar refractivity (Wildman–Crippen MR) is 78.5 cm³/mol. The standard InChI is InChI=1S/C18H28/c1-16(2,3)14-9-15(17(4,5)6)13-11-18(7-8-18)10-12(13)14/h7-11H2,1-6H3. The molecule has 0 aliphatic heterocycles. The van der Waals surface area contributed by atoms with E-state index in [1.807, 2.05) is 0 Å². The van der Waals surface area contributed by atoms with E-state index in [4.69, 9.17) is 0 Å². The van der Waals surface area contributed by atoms with Crippen LogP contribution in [-0.4, -0.2) is 0 Å². The van der Waals surface area contributed by atoms with Gasteiger partial charge in [0.05, 0.1) is 0 Å². The highest BCUT2D eigenvalue weighted by Gasteiger charge is 2.52. The monoisotopic (exact) mass is 244 g/mol. The van der Waals surface area contributed by atoms with Gasteiger partial charge in [-0.2, -0.15) is 0 Å². The summed E-state index contributed by atoms with van der Waals surface area (Å²) in [5, 5.41) is 0. The number of allylic oxidation sites excluding steroid dienone is 4. The maximum atomic E-state index is 2.40. The molecule has 0 N–H and O–H groups in total. The Bertz CT molecular complexity index is 413. The van der Waals surface area contributed by atoms with Gasteiger partial charge in [0.2, 0.25) is 0 Å². The Balaban J connectivity index is 2.06. The fraction of sp³-hybridized carbons (Fsp3) is 0.778. The molecule has 2 fully saturated rings. The Morgan fingerprint density at radius 2 is 1.11 bits per heavy atom. The number of hydrogen-bond donors (Lipinski definition) is 0. The van der Waals surface area contributed by atoms with Crippen molar-refractivity contribution < 1.29 is 0 Å². The maximum absolute atomic E-state index is 2.40. The van der Waals surface area contributed by atoms with Crippen molar-refractivity contribution in [2.75, 3.05) is 0 Å². The molecule has 0 unspecified atom stereocenters. The van der Waals surface area contributed by atoms with Crippen molar-refractivity contribution in [2.45, 2.75) is 73.6 Å². The van der Waals surface area contributed by atoms with Gasteiger partial charge >= 0.3 is 0 Å². The van der Waals surface area contributed by atoms with E-state index in [9.17, 15) is 0 Å². The Kier molecular flexibility index (Phi) is 2.31. The van der Waals surface area contributed by atoms with E-state index in [-0.39, 0.29) is 0 Å². The molecule has 0 heterocycles. The quantitative estimate of drug-likeness (QED) is 0.516. The third kappa shape index (κ3) is 1.80. The minimum atomic E-state index is 0.355. The van der Waals surface area contributed by atoms with Crippen LogP contribution in [0, 0.1) is 16.2 Å². The molecule has 0 radical (unpaired) electrons. The van der Waals surface area contributed by atoms with Crippen LogP contribution in [-0.2, 0) is 0 Å². The first-order chi connectivity index (χ1) is 8.12. The van der Waals surface area contributed by atoms with Crippen LogP contribution in [0.3, 0.4) is 0 Å². The summed E-state index contributed by atoms with van der Waals surface area (Å²) in [5.41, 5.74) is 8.51. The van der Waals surface area contributed by atoms with Crippen molar-refractivity contribution >= 4 is 0 Å². The van der Waals surface area contributed by atoms with Crippen molar-refractivity contribution in [3.63, 3.8) is 0 Å². The molecule has 3 aliphatic rings. The molecule has 100 valence electrons. The molecule has 0 aromatic rings. The second kappa shape index (κ2) is 3.32. The lowest BCUT2D eigenvalue weighted by atomic mass is 9.78. The van der Waals surface area contributed by atoms with Crippen LogP contribution in [0.5, 0.6) is 0 Å². The van der Waals surface area contributed by atoms with Crippen LogP contribution in [0.4, 0.5) is 0 Å². The smallest absolute Gasteiger partial charge is 0.00861 e. The van der Waals surface area contributed by atoms with Crippen molar-refractivity contribution in [3.05, 3.63) is 22.3 Å². The zero-order chi connectivity index (χ0) is 13.3. The Labute approximate surface area is 113 Å². The van der Waals surface area contributed by atoms with Gasteiger partial charge < -0.3 is 0 Å². The third-order valence-corrected chi connectivity index (χ3v) is 5.32. The fourth-order valence-corrected chi connectivity index (χ4v) is 3.96. The molecule has 0 amide bonds. The SMILES string of the molecule is CC(C)(C)C1=C2CC3(CC3)CC2=C(C(C)(C)C)C1. The lowest BCUT2D eigenvalue weighted by molar-refractivity contribution is 0.446. The first kappa shape index (κ1) is 12.5. The van der Waals surface area contributed by atoms with E-state index in [1.165, 1.54) is 32.1 Å². The first-order valence-corrected chi connectivity index (χ1v) is 7.58. The van der Waals surface area contributed by atoms with Crippen LogP contribution in [0.25, 0.3) is 0 Å². The minimum Gasteiger partial charge on any atom is -0.0573 e. The highest BCUT2D eigenvalue weighted by Crippen LogP contribution is 2.66. The molecule has 18 heavy (non-hydrogen) atoms. The molecule has 3 aliphatic carbocycles. The van der Waals surface area contributed by atoms with Crippen molar-refractivity contribution in [3.8, 4) is 0 Å². The fourth-order valence-electron chi connectivity index (χ4n) is 3.96. The van der Waals surface area contributed by atoms with Crippen LogP contribution in [0.2, 0.25) is 0 Å². The molecular weight excluding hydrogens is 216 g/mol. The average molecular weight is 244 g/mol. The van der Waals surface area contributed by atoms with E-state index in [2.05, 4.69) is 41.5 Å². The molecule has 0 saturated heterocycles. The van der Waals surface area contributed by atoms with E-state index < -0.39 is 0 Å². The molecule has 0 nitrogen and oxygen atoms in total. The van der Waals surface area contributed by atoms with Gasteiger partial charge in [0, 0.05) is 0 Å². The van der Waals surface area contributed by atoms with Gasteiger partial charge in [-0.1, -0.05) is 52.7 Å². The molecule has 0 heteroatoms. The van der Waals surface area contributed by atoms with E-state index in [0.29, 0.717) is 10.8 Å². The van der Waals surface area contributed by atoms with Gasteiger partial charge in [-0.15, -0.1) is 0 Å². The highest BCUT2D eigenvalue weighted by molar-refractivity contribution is 5.55. The van der Waals surface area contributed by atoms with Crippen LogP contribution in [0.1, 0.15) is 73.6 Å². The molecule has 0 aromatic carbocycles. The van der Waals surface area contributed by atoms with Gasteiger partial charge in [-0.05, 0) is 59.5 Å². The lowest BCUT2D eigenvalue weighted by Crippen LogP contribution is -2.14. The number of rotatable bonds is 0. The summed E-state index contributed by atoms with van der Waals surface area (Å²) in [6, 6.07) is 0. The van der Waals surface area contributed by atoms with Crippen molar-refractivity contribution in [2.24, 2.45) is 16.2 Å². The Hall–Kier alpha value is -0.520. The minimum absolute atomic E-state index is 0.355. The predicted octanol–water partition coefficient (Wildman–Crippen LogP) is 5.65. The van der Waals surface area contributed by atoms with Crippen LogP contribution >= 0.6 is 0 Å². The molecule has 0 bridgehead atoms. The summed E-state index contributed by atoms with van der Waals surface area (Å²) >= 11 is 0. The van der Waals surface area contributed by atoms with Crippen molar-refractivity contribution in [1.29, 1.82) is 0 Å². The van der Waals surface area contributed by atoms with Gasteiger partial charge in [0.25, 0.3) is 0 Å². The summed E-state index contributed by atoms with van der Waals surface area (Å²) in [7, 11) is 0. The second-order valence-corrected chi connectivity index (χ2v) is 8.94. The molecule has 0 aromatic heterocycles. The normalized spacial score (nSPS) is 26.3. The van der Waals surface area contributed by atoms with Crippen LogP contribution in [0.15, 0.2) is 22.3 Å². The topological polar surface area (TPSA) is 0 Å². The van der Waals surface area contributed by atoms with Gasteiger partial charge in [-0.3, -0.25) is 0 Å². The van der Waals surface area contributed by atoms with E-state index in [1.54, 1.807) is 22.3 Å². The molecule has 2 saturated carbocycles. The second-order valence-electron chi connectivity index (χ2n) is 8.94. The molecule has 0 atom stereocenters. The summed E-state index contributed by atoms with van der Waals surface area (Å²) in [6.07, 6.45) is 7.01. The lowest BCUT2D eigenvalue weighted by Gasteiger charge is -2.27. The number of hydrogen-bond acceptors (Lipinski definition) is 0. The zero-order valence-electron chi connectivity index (χ0n) is 13.0. The van der Waals surface area contributed by atoms with E-state index >= 15 is 0 Å². The summed E-state index contributed by atoms with van der Waals surface area (Å²) < 4.78 is 0. The van der Waals surface area contributed by atoms with Gasteiger partial charge in [-0.25, -0.2) is 0 Å². The van der Waals surface area contributed by atoms with Gasteiger partial charge in [0.15, 0.2) is 0 Å². The van der Waals surface area contributed by atoms with Crippen molar-refractivity contribution in [1.82, 2.24) is 0 Å². The number of fused-ring (bicyclic) bond motifs is 1. The van der Waals surface area contributed by atoms with Gasteiger partial charge in [0.1, 0.15) is 0 Å². The molecule has 3 rings (SSSR count). The maximum Gasteiger partial charge on any atom is -0.00861 e. The molecular formula is C18H28. The summed E-state index contributed by atoms with van der Waals surface area (Å²) in [4.78, 5) is 0. The van der Waals surface area contributed by atoms with E-state index in [0.717, 1.165) is 5.41 Å². The zero-order valence-corrected chi connectivity index (χ0v) is 13.0. The third-order valence-electron chi connectivity index (χ3n) is 5.32. The summed E-state index contributed by atoms with van der Waals surface area (Å²) in [5.74, 6) is 0. The Morgan fingerprint density at radius 3 is 1.39 bits per heavy atom. The average Bonchev–Trinajstić information content (AvgIpc) is 2.60. The Morgan fingerprint density at radius 1 is 0.722 bits per heavy atom. The first-order valence-electron chi connectivity index (χ1n) is 7.58. The molecule has 1 spiro atoms. The largest absolute Gasteiger partial charge is 0.0573 e. The summed E-state index contributed by atoms with van der Waals surface area (Å²) in [6.45, 7) is 14.4. The van der Waals surface area contributed by atoms with Crippen LogP contribution < -0.4 is 0 Å².